The summed E-state index contributed by atoms with van der Waals surface area (Å²) in [6, 6.07) is 1.82. The van der Waals surface area contributed by atoms with E-state index in [1.54, 1.807) is 11.8 Å². The van der Waals surface area contributed by atoms with Crippen molar-refractivity contribution >= 4 is 23.6 Å². The highest BCUT2D eigenvalue weighted by molar-refractivity contribution is 7.99. The first-order chi connectivity index (χ1) is 12.7. The zero-order valence-electron chi connectivity index (χ0n) is 14.5. The molecule has 0 radical (unpaired) electrons. The van der Waals surface area contributed by atoms with Gasteiger partial charge in [-0.25, -0.2) is 4.98 Å². The first kappa shape index (κ1) is 19.8. The maximum atomic E-state index is 13.2. The number of carbonyl (C=O) groups excluding carboxylic acids is 2. The van der Waals surface area contributed by atoms with E-state index >= 15 is 0 Å². The van der Waals surface area contributed by atoms with Gasteiger partial charge in [0.15, 0.2) is 0 Å². The van der Waals surface area contributed by atoms with E-state index in [1.807, 2.05) is 0 Å². The summed E-state index contributed by atoms with van der Waals surface area (Å²) in [5, 5.41) is 2.74. The van der Waals surface area contributed by atoms with Crippen LogP contribution in [0.3, 0.4) is 0 Å². The fraction of sp³-hybridized carbons (Fsp3) is 0.588. The lowest BCUT2D eigenvalue weighted by Gasteiger charge is -2.28. The maximum Gasteiger partial charge on any atom is 0.421 e. The molecule has 148 valence electrons. The average molecular weight is 403 g/mol. The smallest absolute Gasteiger partial charge is 0.421 e. The topological polar surface area (TPSA) is 94.3 Å². The van der Waals surface area contributed by atoms with Gasteiger partial charge in [-0.2, -0.15) is 24.9 Å². The van der Waals surface area contributed by atoms with Crippen LogP contribution >= 0.6 is 11.8 Å². The summed E-state index contributed by atoms with van der Waals surface area (Å²) in [6.07, 6.45) is -2.28. The number of carbonyl (C=O) groups is 2. The van der Waals surface area contributed by atoms with Gasteiger partial charge in [-0.15, -0.1) is 0 Å². The van der Waals surface area contributed by atoms with E-state index in [9.17, 15) is 22.8 Å². The molecular weight excluding hydrogens is 383 g/mol. The number of ether oxygens (including phenoxy) is 1. The monoisotopic (exact) mass is 403 g/mol. The number of amides is 2. The van der Waals surface area contributed by atoms with Gasteiger partial charge < -0.3 is 15.8 Å². The van der Waals surface area contributed by atoms with Gasteiger partial charge in [0.25, 0.3) is 5.91 Å². The number of hydrogen-bond acceptors (Lipinski definition) is 5. The second-order valence-electron chi connectivity index (χ2n) is 6.98. The van der Waals surface area contributed by atoms with Gasteiger partial charge in [-0.1, -0.05) is 0 Å². The van der Waals surface area contributed by atoms with Gasteiger partial charge in [0.1, 0.15) is 11.3 Å². The molecule has 1 aliphatic carbocycles. The Morgan fingerprint density at radius 2 is 2.11 bits per heavy atom. The molecule has 1 atom stereocenters. The Morgan fingerprint density at radius 1 is 1.37 bits per heavy atom. The van der Waals surface area contributed by atoms with E-state index in [4.69, 9.17) is 10.5 Å². The number of nitrogens with zero attached hydrogens (tertiary/aromatic N) is 1. The number of thioether (sulfide) groups is 1. The lowest BCUT2D eigenvalue weighted by atomic mass is 9.94. The van der Waals surface area contributed by atoms with Crippen molar-refractivity contribution in [3.8, 4) is 5.88 Å². The molecule has 3 N–H and O–H groups in total. The zero-order valence-corrected chi connectivity index (χ0v) is 15.3. The quantitative estimate of drug-likeness (QED) is 0.729. The van der Waals surface area contributed by atoms with Crippen LogP contribution < -0.4 is 15.8 Å². The predicted octanol–water partition coefficient (Wildman–Crippen LogP) is 2.37. The molecule has 2 heterocycles. The Morgan fingerprint density at radius 3 is 2.67 bits per heavy atom. The third kappa shape index (κ3) is 5.06. The lowest BCUT2D eigenvalue weighted by Crippen LogP contribution is -2.51. The van der Waals surface area contributed by atoms with Crippen LogP contribution in [0.2, 0.25) is 0 Å². The van der Waals surface area contributed by atoms with E-state index in [0.717, 1.165) is 30.7 Å². The van der Waals surface area contributed by atoms with E-state index in [-0.39, 0.29) is 24.6 Å². The SMILES string of the molecule is NC(=O)CC1(NC(=O)c2ccc(C(F)(F)F)c(OCC3CC3)n2)CCSC1. The summed E-state index contributed by atoms with van der Waals surface area (Å²) in [5.41, 5.74) is 3.28. The molecule has 2 aliphatic rings. The van der Waals surface area contributed by atoms with E-state index in [1.165, 1.54) is 0 Å². The Hall–Kier alpha value is -1.97. The third-order valence-corrected chi connectivity index (χ3v) is 5.80. The predicted molar refractivity (Wildman–Crippen MR) is 93.4 cm³/mol. The van der Waals surface area contributed by atoms with Crippen molar-refractivity contribution < 1.29 is 27.5 Å². The molecule has 27 heavy (non-hydrogen) atoms. The van der Waals surface area contributed by atoms with E-state index in [0.29, 0.717) is 12.2 Å². The number of halogens is 3. The number of rotatable bonds is 7. The van der Waals surface area contributed by atoms with Gasteiger partial charge >= 0.3 is 6.18 Å². The number of hydrogen-bond donors (Lipinski definition) is 2. The molecule has 1 unspecified atom stereocenters. The van der Waals surface area contributed by atoms with Crippen LogP contribution in [0.4, 0.5) is 13.2 Å². The maximum absolute atomic E-state index is 13.2. The zero-order chi connectivity index (χ0) is 19.7. The molecule has 0 bridgehead atoms. The highest BCUT2D eigenvalue weighted by atomic mass is 32.2. The van der Waals surface area contributed by atoms with Crippen molar-refractivity contribution in [2.24, 2.45) is 11.7 Å². The van der Waals surface area contributed by atoms with Crippen molar-refractivity contribution in [2.45, 2.75) is 37.4 Å². The van der Waals surface area contributed by atoms with Gasteiger partial charge in [0.05, 0.1) is 18.6 Å². The summed E-state index contributed by atoms with van der Waals surface area (Å²) in [6.45, 7) is 0.142. The Labute approximate surface area is 158 Å². The molecule has 2 fully saturated rings. The molecule has 2 amide bonds. The van der Waals surface area contributed by atoms with Crippen molar-refractivity contribution in [1.82, 2.24) is 10.3 Å². The molecule has 0 aromatic carbocycles. The van der Waals surface area contributed by atoms with Crippen LogP contribution in [0.15, 0.2) is 12.1 Å². The first-order valence-corrected chi connectivity index (χ1v) is 9.74. The normalized spacial score (nSPS) is 22.5. The molecule has 1 aromatic heterocycles. The first-order valence-electron chi connectivity index (χ1n) is 8.58. The second kappa shape index (κ2) is 7.57. The molecular formula is C17H20F3N3O3S. The van der Waals surface area contributed by atoms with Gasteiger partial charge in [-0.05, 0) is 43.1 Å². The minimum absolute atomic E-state index is 0.0303. The number of primary amides is 1. The Kier molecular flexibility index (Phi) is 5.55. The Bertz CT molecular complexity index is 732. The largest absolute Gasteiger partial charge is 0.477 e. The standard InChI is InChI=1S/C17H20F3N3O3S/c18-17(19,20)11-3-4-12(22-15(11)26-8-10-1-2-10)14(25)23-16(7-13(21)24)5-6-27-9-16/h3-4,10H,1-2,5-9H2,(H2,21,24)(H,23,25). The summed E-state index contributed by atoms with van der Waals surface area (Å²) in [5.74, 6) is -0.293. The fourth-order valence-electron chi connectivity index (χ4n) is 2.90. The number of aromatic nitrogens is 1. The number of nitrogens with two attached hydrogens (primary N) is 1. The number of pyridine rings is 1. The van der Waals surface area contributed by atoms with Gasteiger partial charge in [0, 0.05) is 5.75 Å². The highest BCUT2D eigenvalue weighted by Gasteiger charge is 2.39. The van der Waals surface area contributed by atoms with E-state index in [2.05, 4.69) is 10.3 Å². The second-order valence-corrected chi connectivity index (χ2v) is 8.09. The van der Waals surface area contributed by atoms with Crippen molar-refractivity contribution in [1.29, 1.82) is 0 Å². The molecule has 1 aliphatic heterocycles. The molecule has 1 saturated heterocycles. The average Bonchev–Trinajstić information content (AvgIpc) is 3.30. The summed E-state index contributed by atoms with van der Waals surface area (Å²) in [7, 11) is 0. The third-order valence-electron chi connectivity index (χ3n) is 4.55. The molecule has 6 nitrogen and oxygen atoms in total. The van der Waals surface area contributed by atoms with Crippen molar-refractivity contribution in [3.63, 3.8) is 0 Å². The highest BCUT2D eigenvalue weighted by Crippen LogP contribution is 2.37. The molecule has 1 aromatic rings. The molecule has 0 spiro atoms. The van der Waals surface area contributed by atoms with Crippen LogP contribution in [-0.4, -0.2) is 40.4 Å². The fourth-order valence-corrected chi connectivity index (χ4v) is 4.29. The molecule has 3 rings (SSSR count). The molecule has 1 saturated carbocycles. The van der Waals surface area contributed by atoms with Crippen LogP contribution in [-0.2, 0) is 11.0 Å². The van der Waals surface area contributed by atoms with Crippen LogP contribution in [0.5, 0.6) is 5.88 Å². The van der Waals surface area contributed by atoms with Crippen molar-refractivity contribution in [2.75, 3.05) is 18.1 Å². The van der Waals surface area contributed by atoms with Gasteiger partial charge in [-0.3, -0.25) is 9.59 Å². The van der Waals surface area contributed by atoms with Crippen molar-refractivity contribution in [3.05, 3.63) is 23.4 Å². The Balaban J connectivity index is 1.80. The summed E-state index contributed by atoms with van der Waals surface area (Å²) in [4.78, 5) is 27.7. The number of nitrogens with one attached hydrogen (secondary N) is 1. The minimum atomic E-state index is -4.63. The van der Waals surface area contributed by atoms with Crippen LogP contribution in [0.25, 0.3) is 0 Å². The van der Waals surface area contributed by atoms with Gasteiger partial charge in [0.2, 0.25) is 11.8 Å². The summed E-state index contributed by atoms with van der Waals surface area (Å²) >= 11 is 1.57. The molecule has 10 heteroatoms. The lowest BCUT2D eigenvalue weighted by molar-refractivity contribution is -0.139. The van der Waals surface area contributed by atoms with E-state index < -0.39 is 35.0 Å². The van der Waals surface area contributed by atoms with Crippen LogP contribution in [0, 0.1) is 5.92 Å². The number of alkyl halides is 3. The minimum Gasteiger partial charge on any atom is -0.477 e. The van der Waals surface area contributed by atoms with Crippen LogP contribution in [0.1, 0.15) is 41.7 Å². The summed E-state index contributed by atoms with van der Waals surface area (Å²) < 4.78 is 44.8.